The number of halogens is 1. The second-order valence-corrected chi connectivity index (χ2v) is 9.68. The number of benzene rings is 2. The van der Waals surface area contributed by atoms with Crippen LogP contribution in [0.25, 0.3) is 11.0 Å². The van der Waals surface area contributed by atoms with Crippen molar-refractivity contribution in [3.8, 4) is 0 Å². The summed E-state index contributed by atoms with van der Waals surface area (Å²) in [5.41, 5.74) is 2.81. The fourth-order valence-corrected chi connectivity index (χ4v) is 5.01. The number of hydrogen-bond acceptors (Lipinski definition) is 7. The molecule has 1 N–H and O–H groups in total. The van der Waals surface area contributed by atoms with Crippen LogP contribution in [0, 0.1) is 0 Å². The van der Waals surface area contributed by atoms with E-state index in [1.165, 1.54) is 0 Å². The Morgan fingerprint density at radius 3 is 2.50 bits per heavy atom. The average molecular weight is 495 g/mol. The molecule has 1 aliphatic heterocycles. The first-order valence-corrected chi connectivity index (χ1v) is 12.9. The molecule has 0 radical (unpaired) electrons. The van der Waals surface area contributed by atoms with Crippen molar-refractivity contribution in [2.24, 2.45) is 0 Å². The third kappa shape index (κ3) is 5.70. The number of nitrogens with zero attached hydrogens (tertiary/aromatic N) is 5. The lowest BCUT2D eigenvalue weighted by atomic mass is 10.1. The molecule has 34 heavy (non-hydrogen) atoms. The first-order chi connectivity index (χ1) is 16.8. The largest absolute Gasteiger partial charge is 0.379 e. The van der Waals surface area contributed by atoms with Crippen LogP contribution in [0.2, 0.25) is 0 Å². The van der Waals surface area contributed by atoms with Gasteiger partial charge in [0.05, 0.1) is 36.7 Å². The molecule has 1 fully saturated rings. The Kier molecular flexibility index (Phi) is 7.60. The quantitative estimate of drug-likeness (QED) is 0.200. The third-order valence-corrected chi connectivity index (χ3v) is 6.97. The lowest BCUT2D eigenvalue weighted by molar-refractivity contribution is 0.0410. The minimum Gasteiger partial charge on any atom is -0.379 e. The molecule has 4 aromatic rings. The van der Waals surface area contributed by atoms with Crippen LogP contribution in [0.4, 0.5) is 11.5 Å². The fourth-order valence-electron chi connectivity index (χ4n) is 3.90. The molecule has 176 valence electrons. The van der Waals surface area contributed by atoms with E-state index in [4.69, 9.17) is 26.3 Å². The van der Waals surface area contributed by atoms with Gasteiger partial charge < -0.3 is 10.1 Å². The molecule has 2 aromatic heterocycles. The smallest absolute Gasteiger partial charge is 0.191 e. The van der Waals surface area contributed by atoms with Gasteiger partial charge in [-0.25, -0.2) is 14.6 Å². The normalized spacial score (nSPS) is 15.4. The molecule has 9 heteroatoms. The number of ether oxygens (including phenoxy) is 1. The van der Waals surface area contributed by atoms with E-state index >= 15 is 0 Å². The maximum atomic E-state index is 6.74. The molecule has 2 aromatic carbocycles. The molecule has 0 spiro atoms. The van der Waals surface area contributed by atoms with Crippen molar-refractivity contribution in [3.63, 3.8) is 0 Å². The van der Waals surface area contributed by atoms with Crippen LogP contribution in [0.15, 0.2) is 72.0 Å². The molecular weight excluding hydrogens is 468 g/mol. The summed E-state index contributed by atoms with van der Waals surface area (Å²) in [6.45, 7) is 5.06. The van der Waals surface area contributed by atoms with Gasteiger partial charge in [0.25, 0.3) is 0 Å². The summed E-state index contributed by atoms with van der Waals surface area (Å²) in [5, 5.41) is 9.46. The van der Waals surface area contributed by atoms with Gasteiger partial charge in [-0.1, -0.05) is 60.3 Å². The highest BCUT2D eigenvalue weighted by atomic mass is 35.5. The number of alkyl halides is 1. The molecule has 0 bridgehead atoms. The van der Waals surface area contributed by atoms with Gasteiger partial charge >= 0.3 is 0 Å². The Hall–Kier alpha value is -2.65. The molecule has 3 heterocycles. The minimum absolute atomic E-state index is 0.206. The zero-order chi connectivity index (χ0) is 23.2. The van der Waals surface area contributed by atoms with Crippen LogP contribution < -0.4 is 5.32 Å². The van der Waals surface area contributed by atoms with Crippen LogP contribution in [0.1, 0.15) is 10.9 Å². The summed E-state index contributed by atoms with van der Waals surface area (Å²) in [6, 6.07) is 20.1. The topological polar surface area (TPSA) is 68.1 Å². The monoisotopic (exact) mass is 494 g/mol. The number of nitrogens with one attached hydrogen (secondary N) is 1. The van der Waals surface area contributed by atoms with Gasteiger partial charge in [-0.3, -0.25) is 4.90 Å². The van der Waals surface area contributed by atoms with Crippen molar-refractivity contribution in [1.29, 1.82) is 0 Å². The summed E-state index contributed by atoms with van der Waals surface area (Å²) in [4.78, 5) is 12.1. The Balaban J connectivity index is 1.40. The molecule has 1 aliphatic rings. The van der Waals surface area contributed by atoms with Crippen molar-refractivity contribution >= 4 is 45.9 Å². The number of anilines is 2. The summed E-state index contributed by atoms with van der Waals surface area (Å²) >= 11 is 8.40. The molecule has 0 saturated carbocycles. The van der Waals surface area contributed by atoms with E-state index in [0.717, 1.165) is 71.9 Å². The number of aromatic nitrogens is 4. The molecule has 0 unspecified atom stereocenters. The summed E-state index contributed by atoms with van der Waals surface area (Å²) in [5.74, 6) is 1.66. The summed E-state index contributed by atoms with van der Waals surface area (Å²) in [7, 11) is 0. The lowest BCUT2D eigenvalue weighted by Crippen LogP contribution is -2.37. The van der Waals surface area contributed by atoms with Crippen LogP contribution >= 0.6 is 23.4 Å². The Morgan fingerprint density at radius 1 is 1.00 bits per heavy atom. The molecule has 5 rings (SSSR count). The zero-order valence-corrected chi connectivity index (χ0v) is 20.4. The van der Waals surface area contributed by atoms with Crippen LogP contribution in [0.5, 0.6) is 0 Å². The van der Waals surface area contributed by atoms with Crippen LogP contribution in [0.3, 0.4) is 0 Å². The van der Waals surface area contributed by atoms with E-state index in [-0.39, 0.29) is 5.38 Å². The highest BCUT2D eigenvalue weighted by Crippen LogP contribution is 2.29. The standard InChI is InChI=1S/C25H27ClN6OS/c26-22(19-7-3-1-4-8-19)18-32-24-21(17-27-32)23(28-20-9-5-2-6-10-20)29-25(30-24)34-16-13-31-11-14-33-15-12-31/h1-10,17,22H,11-16,18H2,(H,28,29,30)/t22-/m0/s1. The number of rotatable bonds is 9. The third-order valence-electron chi connectivity index (χ3n) is 5.75. The number of fused-ring (bicyclic) bond motifs is 1. The molecule has 1 saturated heterocycles. The van der Waals surface area contributed by atoms with Crippen molar-refractivity contribution in [1.82, 2.24) is 24.6 Å². The molecular formula is C25H27ClN6OS. The molecule has 1 atom stereocenters. The first kappa shape index (κ1) is 23.1. The van der Waals surface area contributed by atoms with Crippen molar-refractivity contribution in [2.45, 2.75) is 17.1 Å². The van der Waals surface area contributed by atoms with Crippen molar-refractivity contribution in [3.05, 3.63) is 72.4 Å². The summed E-state index contributed by atoms with van der Waals surface area (Å²) in [6.07, 6.45) is 1.82. The predicted octanol–water partition coefficient (Wildman–Crippen LogP) is 4.97. The van der Waals surface area contributed by atoms with E-state index in [1.807, 2.05) is 71.5 Å². The average Bonchev–Trinajstić information content (AvgIpc) is 3.28. The number of hydrogen-bond donors (Lipinski definition) is 1. The second kappa shape index (κ2) is 11.2. The van der Waals surface area contributed by atoms with Crippen molar-refractivity contribution < 1.29 is 4.74 Å². The van der Waals surface area contributed by atoms with E-state index in [2.05, 4.69) is 15.3 Å². The zero-order valence-electron chi connectivity index (χ0n) is 18.8. The van der Waals surface area contributed by atoms with E-state index in [0.29, 0.717) is 6.54 Å². The van der Waals surface area contributed by atoms with E-state index in [9.17, 15) is 0 Å². The number of morpholine rings is 1. The number of thioether (sulfide) groups is 1. The maximum absolute atomic E-state index is 6.74. The Labute approximate surface area is 208 Å². The van der Waals surface area contributed by atoms with Crippen LogP contribution in [-0.2, 0) is 11.3 Å². The van der Waals surface area contributed by atoms with Gasteiger partial charge in [0.15, 0.2) is 10.8 Å². The maximum Gasteiger partial charge on any atom is 0.191 e. The van der Waals surface area contributed by atoms with Gasteiger partial charge in [0, 0.05) is 31.1 Å². The second-order valence-electron chi connectivity index (χ2n) is 8.09. The number of para-hydroxylation sites is 1. The predicted molar refractivity (Wildman–Crippen MR) is 138 cm³/mol. The van der Waals surface area contributed by atoms with E-state index in [1.54, 1.807) is 11.8 Å². The Bertz CT molecular complexity index is 1200. The van der Waals surface area contributed by atoms with Crippen LogP contribution in [-0.4, -0.2) is 63.2 Å². The Morgan fingerprint density at radius 2 is 1.74 bits per heavy atom. The van der Waals surface area contributed by atoms with Gasteiger partial charge in [0.2, 0.25) is 0 Å². The highest BCUT2D eigenvalue weighted by molar-refractivity contribution is 7.99. The molecule has 0 amide bonds. The SMILES string of the molecule is Cl[C@@H](Cn1ncc2c(Nc3ccccc3)nc(SCCN3CCOCC3)nc21)c1ccccc1. The highest BCUT2D eigenvalue weighted by Gasteiger charge is 2.17. The fraction of sp³-hybridized carbons (Fsp3) is 0.320. The first-order valence-electron chi connectivity index (χ1n) is 11.4. The molecule has 0 aliphatic carbocycles. The van der Waals surface area contributed by atoms with Crippen molar-refractivity contribution in [2.75, 3.05) is 43.9 Å². The van der Waals surface area contributed by atoms with Gasteiger partial charge in [-0.05, 0) is 17.7 Å². The van der Waals surface area contributed by atoms with Gasteiger partial charge in [-0.15, -0.1) is 11.6 Å². The minimum atomic E-state index is -0.206. The molecule has 7 nitrogen and oxygen atoms in total. The van der Waals surface area contributed by atoms with Gasteiger partial charge in [0.1, 0.15) is 5.82 Å². The van der Waals surface area contributed by atoms with Gasteiger partial charge in [-0.2, -0.15) is 5.10 Å². The van der Waals surface area contributed by atoms with E-state index < -0.39 is 0 Å². The summed E-state index contributed by atoms with van der Waals surface area (Å²) < 4.78 is 7.33. The lowest BCUT2D eigenvalue weighted by Gasteiger charge is -2.26.